The number of fused-ring (bicyclic) bond motifs is 1. The molecule has 0 amide bonds. The fraction of sp³-hybridized carbons (Fsp3) is 0.600. The van der Waals surface area contributed by atoms with E-state index in [9.17, 15) is 0 Å². The van der Waals surface area contributed by atoms with Crippen molar-refractivity contribution in [2.75, 3.05) is 25.6 Å². The molecule has 0 saturated heterocycles. The lowest BCUT2D eigenvalue weighted by atomic mass is 10.2. The molecule has 82 valence electrons. The van der Waals surface area contributed by atoms with Gasteiger partial charge in [0.25, 0.3) is 0 Å². The molecule has 5 heteroatoms. The number of hydrogen-bond acceptors (Lipinski definition) is 5. The number of anilines is 1. The third kappa shape index (κ3) is 1.80. The minimum absolute atomic E-state index is 0.373. The van der Waals surface area contributed by atoms with Crippen LogP contribution in [-0.4, -0.2) is 30.7 Å². The van der Waals surface area contributed by atoms with E-state index in [1.165, 1.54) is 5.56 Å². The Morgan fingerprint density at radius 3 is 2.93 bits per heavy atom. The third-order valence-corrected chi connectivity index (χ3v) is 2.64. The first-order chi connectivity index (χ1) is 7.26. The lowest BCUT2D eigenvalue weighted by molar-refractivity contribution is 0.180. The molecule has 0 radical (unpaired) electrons. The van der Waals surface area contributed by atoms with E-state index in [4.69, 9.17) is 10.5 Å². The topological polar surface area (TPSA) is 64.3 Å². The van der Waals surface area contributed by atoms with Crippen molar-refractivity contribution in [1.82, 2.24) is 9.97 Å². The van der Waals surface area contributed by atoms with Crippen LogP contribution in [0.1, 0.15) is 17.1 Å². The van der Waals surface area contributed by atoms with Crippen LogP contribution in [0.5, 0.6) is 0 Å². The normalized spacial score (nSPS) is 14.5. The Labute approximate surface area is 89.3 Å². The summed E-state index contributed by atoms with van der Waals surface area (Å²) in [5.41, 5.74) is 7.75. The van der Waals surface area contributed by atoms with Gasteiger partial charge in [-0.05, 0) is 6.42 Å². The first-order valence-electron chi connectivity index (χ1n) is 5.05. The predicted octanol–water partition coefficient (Wildman–Crippen LogP) is 0.0740. The van der Waals surface area contributed by atoms with Crippen LogP contribution in [-0.2, 0) is 24.3 Å². The zero-order valence-electron chi connectivity index (χ0n) is 9.16. The van der Waals surface area contributed by atoms with Crippen LogP contribution in [0, 0.1) is 0 Å². The minimum Gasteiger partial charge on any atom is -0.378 e. The molecule has 1 aromatic rings. The van der Waals surface area contributed by atoms with Crippen molar-refractivity contribution >= 4 is 5.82 Å². The number of methoxy groups -OCH3 is 1. The highest BCUT2D eigenvalue weighted by molar-refractivity contribution is 5.53. The van der Waals surface area contributed by atoms with Gasteiger partial charge in [0.1, 0.15) is 11.6 Å². The monoisotopic (exact) mass is 208 g/mol. The summed E-state index contributed by atoms with van der Waals surface area (Å²) < 4.78 is 5.14. The fourth-order valence-corrected chi connectivity index (χ4v) is 1.87. The van der Waals surface area contributed by atoms with Gasteiger partial charge in [-0.1, -0.05) is 0 Å². The summed E-state index contributed by atoms with van der Waals surface area (Å²) in [4.78, 5) is 11.0. The molecular formula is C10H16N4O. The SMILES string of the molecule is COCc1nc(CN)nc2c1CCN2C. The first kappa shape index (κ1) is 10.3. The van der Waals surface area contributed by atoms with Crippen LogP contribution in [0.15, 0.2) is 0 Å². The van der Waals surface area contributed by atoms with Crippen molar-refractivity contribution in [3.63, 3.8) is 0 Å². The highest BCUT2D eigenvalue weighted by atomic mass is 16.5. The maximum atomic E-state index is 5.57. The highest BCUT2D eigenvalue weighted by Gasteiger charge is 2.22. The predicted molar refractivity (Wildman–Crippen MR) is 57.6 cm³/mol. The molecule has 1 aromatic heterocycles. The zero-order chi connectivity index (χ0) is 10.8. The number of rotatable bonds is 3. The lowest BCUT2D eigenvalue weighted by Gasteiger charge is -2.13. The fourth-order valence-electron chi connectivity index (χ4n) is 1.87. The summed E-state index contributed by atoms with van der Waals surface area (Å²) in [5.74, 6) is 1.70. The Balaban J connectivity index is 2.45. The summed E-state index contributed by atoms with van der Waals surface area (Å²) in [6.07, 6.45) is 0.995. The summed E-state index contributed by atoms with van der Waals surface area (Å²) in [7, 11) is 3.71. The number of ether oxygens (including phenoxy) is 1. The molecule has 15 heavy (non-hydrogen) atoms. The van der Waals surface area contributed by atoms with Crippen molar-refractivity contribution in [3.05, 3.63) is 17.1 Å². The van der Waals surface area contributed by atoms with Crippen molar-refractivity contribution in [2.24, 2.45) is 5.73 Å². The van der Waals surface area contributed by atoms with Gasteiger partial charge in [-0.15, -0.1) is 0 Å². The maximum absolute atomic E-state index is 5.57. The Hall–Kier alpha value is -1.20. The Morgan fingerprint density at radius 2 is 2.27 bits per heavy atom. The van der Waals surface area contributed by atoms with Crippen LogP contribution in [0.2, 0.25) is 0 Å². The molecule has 0 atom stereocenters. The number of nitrogens with two attached hydrogens (primary N) is 1. The van der Waals surface area contributed by atoms with E-state index in [0.29, 0.717) is 19.0 Å². The van der Waals surface area contributed by atoms with Crippen molar-refractivity contribution in [1.29, 1.82) is 0 Å². The van der Waals surface area contributed by atoms with Gasteiger partial charge in [0.2, 0.25) is 0 Å². The molecule has 0 aromatic carbocycles. The van der Waals surface area contributed by atoms with Crippen LogP contribution in [0.25, 0.3) is 0 Å². The van der Waals surface area contributed by atoms with E-state index >= 15 is 0 Å². The Bertz CT molecular complexity index is 367. The van der Waals surface area contributed by atoms with Gasteiger partial charge < -0.3 is 15.4 Å². The molecule has 2 N–H and O–H groups in total. The molecule has 2 heterocycles. The van der Waals surface area contributed by atoms with Crippen LogP contribution >= 0.6 is 0 Å². The minimum atomic E-state index is 0.373. The highest BCUT2D eigenvalue weighted by Crippen LogP contribution is 2.26. The van der Waals surface area contributed by atoms with E-state index in [-0.39, 0.29) is 0 Å². The average Bonchev–Trinajstić information content (AvgIpc) is 2.61. The van der Waals surface area contributed by atoms with Gasteiger partial charge in [-0.3, -0.25) is 0 Å². The second-order valence-corrected chi connectivity index (χ2v) is 3.70. The first-order valence-corrected chi connectivity index (χ1v) is 5.05. The standard InChI is InChI=1S/C10H16N4O/c1-14-4-3-7-8(6-15-2)12-9(5-11)13-10(7)14/h3-6,11H2,1-2H3. The second-order valence-electron chi connectivity index (χ2n) is 3.70. The lowest BCUT2D eigenvalue weighted by Crippen LogP contribution is -2.16. The van der Waals surface area contributed by atoms with E-state index < -0.39 is 0 Å². The van der Waals surface area contributed by atoms with Gasteiger partial charge in [-0.25, -0.2) is 9.97 Å². The summed E-state index contributed by atoms with van der Waals surface area (Å²) in [6, 6.07) is 0. The maximum Gasteiger partial charge on any atom is 0.144 e. The molecule has 5 nitrogen and oxygen atoms in total. The smallest absolute Gasteiger partial charge is 0.144 e. The molecule has 0 saturated carbocycles. The quantitative estimate of drug-likeness (QED) is 0.761. The van der Waals surface area contributed by atoms with Gasteiger partial charge in [0, 0.05) is 26.3 Å². The number of aromatic nitrogens is 2. The van der Waals surface area contributed by atoms with E-state index in [1.54, 1.807) is 7.11 Å². The van der Waals surface area contributed by atoms with Crippen molar-refractivity contribution < 1.29 is 4.74 Å². The molecule has 2 rings (SSSR count). The number of nitrogens with zero attached hydrogens (tertiary/aromatic N) is 3. The van der Waals surface area contributed by atoms with Crippen molar-refractivity contribution in [3.8, 4) is 0 Å². The summed E-state index contributed by atoms with van der Waals surface area (Å²) >= 11 is 0. The van der Waals surface area contributed by atoms with E-state index in [1.807, 2.05) is 7.05 Å². The number of hydrogen-bond donors (Lipinski definition) is 1. The van der Waals surface area contributed by atoms with Gasteiger partial charge in [-0.2, -0.15) is 0 Å². The summed E-state index contributed by atoms with van der Waals surface area (Å²) in [5, 5.41) is 0. The summed E-state index contributed by atoms with van der Waals surface area (Å²) in [6.45, 7) is 1.90. The van der Waals surface area contributed by atoms with Crippen LogP contribution < -0.4 is 10.6 Å². The molecule has 1 aliphatic heterocycles. The van der Waals surface area contributed by atoms with E-state index in [2.05, 4.69) is 14.9 Å². The van der Waals surface area contributed by atoms with Gasteiger partial charge in [0.05, 0.1) is 18.8 Å². The average molecular weight is 208 g/mol. The Morgan fingerprint density at radius 1 is 1.47 bits per heavy atom. The molecule has 0 aliphatic carbocycles. The molecule has 0 spiro atoms. The van der Waals surface area contributed by atoms with Gasteiger partial charge >= 0.3 is 0 Å². The van der Waals surface area contributed by atoms with Crippen LogP contribution in [0.4, 0.5) is 5.82 Å². The molecule has 0 unspecified atom stereocenters. The third-order valence-electron chi connectivity index (χ3n) is 2.64. The molecule has 0 fully saturated rings. The Kier molecular flexibility index (Phi) is 2.83. The second kappa shape index (κ2) is 4.12. The number of likely N-dealkylation sites (N-methyl/N-ethyl adjacent to an activating group) is 1. The molecular weight excluding hydrogens is 192 g/mol. The molecule has 0 bridgehead atoms. The molecule has 1 aliphatic rings. The van der Waals surface area contributed by atoms with Crippen molar-refractivity contribution in [2.45, 2.75) is 19.6 Å². The largest absolute Gasteiger partial charge is 0.378 e. The zero-order valence-corrected chi connectivity index (χ0v) is 9.16. The van der Waals surface area contributed by atoms with E-state index in [0.717, 1.165) is 24.5 Å². The van der Waals surface area contributed by atoms with Crippen LogP contribution in [0.3, 0.4) is 0 Å². The van der Waals surface area contributed by atoms with Gasteiger partial charge in [0.15, 0.2) is 0 Å².